The van der Waals surface area contributed by atoms with E-state index in [2.05, 4.69) is 9.80 Å². The number of ether oxygens (including phenoxy) is 3. The molecule has 0 radical (unpaired) electrons. The van der Waals surface area contributed by atoms with Crippen LogP contribution in [0.1, 0.15) is 87.9 Å². The first-order chi connectivity index (χ1) is 34.7. The molecule has 370 valence electrons. The van der Waals surface area contributed by atoms with Gasteiger partial charge in [0.05, 0.1) is 50.8 Å². The van der Waals surface area contributed by atoms with Crippen LogP contribution in [-0.2, 0) is 27.1 Å². The Morgan fingerprint density at radius 1 is 0.542 bits per heavy atom. The van der Waals surface area contributed by atoms with Crippen LogP contribution < -0.4 is 14.2 Å². The molecule has 9 rings (SSSR count). The van der Waals surface area contributed by atoms with Crippen molar-refractivity contribution in [3.63, 3.8) is 0 Å². The molecule has 0 N–H and O–H groups in total. The predicted molar refractivity (Wildman–Crippen MR) is 274 cm³/mol. The summed E-state index contributed by atoms with van der Waals surface area (Å²) in [5, 5.41) is 0.370. The maximum Gasteiger partial charge on any atom is 0.210 e. The number of fused-ring (bicyclic) bond motifs is 1. The molecule has 0 saturated carbocycles. The second kappa shape index (κ2) is 22.7. The van der Waals surface area contributed by atoms with Crippen LogP contribution in [0.3, 0.4) is 0 Å². The highest BCUT2D eigenvalue weighted by atomic mass is 35.5. The molecule has 0 amide bonds. The third-order valence-corrected chi connectivity index (χ3v) is 13.5. The van der Waals surface area contributed by atoms with Gasteiger partial charge < -0.3 is 23.3 Å². The Hall–Kier alpha value is -7.45. The molecular weight excluding hydrogens is 938 g/mol. The first-order valence-electron chi connectivity index (χ1n) is 23.5. The van der Waals surface area contributed by atoms with E-state index in [1.165, 1.54) is 35.4 Å². The summed E-state index contributed by atoms with van der Waals surface area (Å²) in [6, 6.07) is 33.8. The van der Waals surface area contributed by atoms with Crippen molar-refractivity contribution in [2.75, 3.05) is 54.1 Å². The Labute approximate surface area is 422 Å². The number of carbonyl (C=O) groups excluding carboxylic acids is 4. The number of halogens is 3. The Balaban J connectivity index is 0.000000195. The van der Waals surface area contributed by atoms with Crippen LogP contribution >= 0.6 is 11.6 Å². The van der Waals surface area contributed by atoms with Gasteiger partial charge in [-0.25, -0.2) is 8.78 Å². The third-order valence-electron chi connectivity index (χ3n) is 13.2. The molecule has 4 heterocycles. The third kappa shape index (κ3) is 11.7. The zero-order valence-electron chi connectivity index (χ0n) is 40.8. The lowest BCUT2D eigenvalue weighted by molar-refractivity contribution is 0.0915. The first-order valence-corrected chi connectivity index (χ1v) is 23.9. The molecule has 0 bridgehead atoms. The topological polar surface area (TPSA) is 112 Å². The molecule has 7 aromatic rings. The second-order valence-corrected chi connectivity index (χ2v) is 18.3. The minimum absolute atomic E-state index is 0.0108. The summed E-state index contributed by atoms with van der Waals surface area (Å²) in [5.74, 6) is 1.04. The number of aromatic nitrogens is 2. The van der Waals surface area contributed by atoms with E-state index in [-0.39, 0.29) is 47.9 Å². The van der Waals surface area contributed by atoms with Crippen molar-refractivity contribution in [1.82, 2.24) is 18.9 Å². The minimum Gasteiger partial charge on any atom is -0.497 e. The fraction of sp³-hybridized carbons (Fsp3) is 0.241. The Kier molecular flexibility index (Phi) is 16.1. The Morgan fingerprint density at radius 3 is 1.56 bits per heavy atom. The molecule has 2 aliphatic rings. The van der Waals surface area contributed by atoms with Crippen LogP contribution in [0.5, 0.6) is 17.2 Å². The van der Waals surface area contributed by atoms with Gasteiger partial charge in [0.2, 0.25) is 11.6 Å². The number of hydrogen-bond donors (Lipinski definition) is 0. The number of piperidine rings is 1. The standard InChI is InChI=1S/C32H27ClF2N2O2.C26H28N2O5/c1-36-19-24(18-29(36)32(39)27-4-2-3-5-28(27)33)30(38)20-37-16-14-23(15-17-37)31(21-6-10-25(34)11-7-21)22-8-12-26(35)13-9-22;1-27-14-20(11-22(27)26(30)17-5-7-21(31-2)8-6-17)23(29)16-28-10-9-18-12-24(32-3)25(33-4)13-19(18)15-28/h2-13,18-19H,14-17,20H2,1H3;5-8,11-14H,9-10,15-16H2,1-4H3. The lowest BCUT2D eigenvalue weighted by Gasteiger charge is -2.29. The number of aryl methyl sites for hydroxylation is 2. The number of ketones is 4. The number of rotatable bonds is 15. The van der Waals surface area contributed by atoms with Crippen LogP contribution in [0.4, 0.5) is 8.78 Å². The van der Waals surface area contributed by atoms with Crippen molar-refractivity contribution in [1.29, 1.82) is 0 Å². The highest BCUT2D eigenvalue weighted by Crippen LogP contribution is 2.35. The molecule has 14 heteroatoms. The summed E-state index contributed by atoms with van der Waals surface area (Å²) in [6.07, 6.45) is 5.69. The van der Waals surface area contributed by atoms with Crippen molar-refractivity contribution < 1.29 is 42.2 Å². The average Bonchev–Trinajstić information content (AvgIpc) is 3.99. The van der Waals surface area contributed by atoms with Crippen molar-refractivity contribution >= 4 is 40.3 Å². The Morgan fingerprint density at radius 2 is 1.03 bits per heavy atom. The number of likely N-dealkylation sites (tertiary alicyclic amines) is 1. The zero-order valence-corrected chi connectivity index (χ0v) is 41.6. The molecule has 1 saturated heterocycles. The van der Waals surface area contributed by atoms with Gasteiger partial charge in [0.1, 0.15) is 17.4 Å². The van der Waals surface area contributed by atoms with Gasteiger partial charge in [-0.15, -0.1) is 0 Å². The Bertz CT molecular complexity index is 3100. The summed E-state index contributed by atoms with van der Waals surface area (Å²) in [5.41, 5.74) is 9.10. The van der Waals surface area contributed by atoms with Crippen LogP contribution in [0.2, 0.25) is 5.02 Å². The van der Waals surface area contributed by atoms with Gasteiger partial charge in [-0.1, -0.05) is 53.6 Å². The van der Waals surface area contributed by atoms with E-state index >= 15 is 0 Å². The van der Waals surface area contributed by atoms with E-state index in [1.54, 1.807) is 142 Å². The van der Waals surface area contributed by atoms with Crippen molar-refractivity contribution in [3.8, 4) is 17.2 Å². The molecule has 72 heavy (non-hydrogen) atoms. The number of methoxy groups -OCH3 is 3. The molecule has 0 unspecified atom stereocenters. The normalized spacial score (nSPS) is 13.6. The summed E-state index contributed by atoms with van der Waals surface area (Å²) >= 11 is 6.20. The molecule has 5 aromatic carbocycles. The van der Waals surface area contributed by atoms with Crippen molar-refractivity contribution in [3.05, 3.63) is 212 Å². The number of carbonyl (C=O) groups is 4. The largest absolute Gasteiger partial charge is 0.497 e. The van der Waals surface area contributed by atoms with Gasteiger partial charge in [0, 0.05) is 74.9 Å². The number of benzene rings is 5. The van der Waals surface area contributed by atoms with Gasteiger partial charge >= 0.3 is 0 Å². The maximum atomic E-state index is 13.6. The van der Waals surface area contributed by atoms with Crippen LogP contribution in [0.15, 0.2) is 139 Å². The average molecular weight is 994 g/mol. The molecular formula is C58H55ClF2N4O7. The molecule has 1 fully saturated rings. The number of nitrogens with zero attached hydrogens (tertiary/aromatic N) is 4. The van der Waals surface area contributed by atoms with Crippen molar-refractivity contribution in [2.45, 2.75) is 25.8 Å². The summed E-state index contributed by atoms with van der Waals surface area (Å²) in [4.78, 5) is 56.3. The van der Waals surface area contributed by atoms with E-state index in [0.717, 1.165) is 53.8 Å². The highest BCUT2D eigenvalue weighted by Gasteiger charge is 2.26. The first kappa shape index (κ1) is 50.9. The monoisotopic (exact) mass is 992 g/mol. The van der Waals surface area contributed by atoms with Crippen LogP contribution in [0, 0.1) is 11.6 Å². The fourth-order valence-corrected chi connectivity index (χ4v) is 9.49. The lowest BCUT2D eigenvalue weighted by Crippen LogP contribution is -2.35. The number of Topliss-reactive ketones (excluding diaryl/α,β-unsaturated/α-hetero) is 2. The van der Waals surface area contributed by atoms with Gasteiger partial charge in [-0.2, -0.15) is 0 Å². The van der Waals surface area contributed by atoms with Crippen molar-refractivity contribution in [2.24, 2.45) is 14.1 Å². The maximum absolute atomic E-state index is 13.6. The second-order valence-electron chi connectivity index (χ2n) is 17.9. The molecule has 11 nitrogen and oxygen atoms in total. The van der Waals surface area contributed by atoms with Crippen LogP contribution in [0.25, 0.3) is 5.57 Å². The quantitative estimate of drug-likeness (QED) is 0.0927. The van der Waals surface area contributed by atoms with Gasteiger partial charge in [-0.3, -0.25) is 29.0 Å². The van der Waals surface area contributed by atoms with E-state index in [4.69, 9.17) is 25.8 Å². The smallest absolute Gasteiger partial charge is 0.210 e. The molecule has 2 aromatic heterocycles. The van der Waals surface area contributed by atoms with Crippen LogP contribution in [-0.4, -0.2) is 96.1 Å². The zero-order chi connectivity index (χ0) is 51.1. The van der Waals surface area contributed by atoms with E-state index < -0.39 is 0 Å². The van der Waals surface area contributed by atoms with Gasteiger partial charge in [0.25, 0.3) is 0 Å². The van der Waals surface area contributed by atoms with Gasteiger partial charge in [0.15, 0.2) is 23.1 Å². The molecule has 0 atom stereocenters. The molecule has 0 aliphatic carbocycles. The summed E-state index contributed by atoms with van der Waals surface area (Å²) in [7, 11) is 8.36. The van der Waals surface area contributed by atoms with E-state index in [1.807, 2.05) is 12.1 Å². The van der Waals surface area contributed by atoms with E-state index in [9.17, 15) is 28.0 Å². The fourth-order valence-electron chi connectivity index (χ4n) is 9.26. The molecule has 0 spiro atoms. The van der Waals surface area contributed by atoms with Gasteiger partial charge in [-0.05, 0) is 132 Å². The number of hydrogen-bond acceptors (Lipinski definition) is 9. The van der Waals surface area contributed by atoms with E-state index in [0.29, 0.717) is 69.8 Å². The lowest BCUT2D eigenvalue weighted by atomic mass is 9.88. The summed E-state index contributed by atoms with van der Waals surface area (Å²) in [6.45, 7) is 3.30. The minimum atomic E-state index is -0.312. The highest BCUT2D eigenvalue weighted by molar-refractivity contribution is 6.35. The predicted octanol–water partition coefficient (Wildman–Crippen LogP) is 10.5. The summed E-state index contributed by atoms with van der Waals surface area (Å²) < 4.78 is 46.6. The SMILES string of the molecule is COc1ccc(C(=O)c2cc(C(=O)CN3CCc4cc(OC)c(OC)cc4C3)cn2C)cc1.Cn1cc(C(=O)CN2CCC(=C(c3ccc(F)cc3)c3ccc(F)cc3)CC2)cc1C(=O)c1ccccc1Cl. The molecule has 2 aliphatic heterocycles.